The van der Waals surface area contributed by atoms with Crippen LogP contribution in [0.3, 0.4) is 0 Å². The number of hydrogen-bond donors (Lipinski definition) is 2. The fraction of sp³-hybridized carbons (Fsp3) is 0.333. The quantitative estimate of drug-likeness (QED) is 0.456. The van der Waals surface area contributed by atoms with Gasteiger partial charge in [0.15, 0.2) is 0 Å². The smallest absolute Gasteiger partial charge is 0.263 e. The van der Waals surface area contributed by atoms with E-state index in [-0.39, 0.29) is 36.4 Å². The minimum Gasteiger partial charge on any atom is -0.330 e. The van der Waals surface area contributed by atoms with Crippen molar-refractivity contribution >= 4 is 36.0 Å². The number of unbranched alkanes of at least 4 members (excludes halogenated alkanes) is 1. The van der Waals surface area contributed by atoms with Crippen LogP contribution in [-0.4, -0.2) is 41.1 Å². The average Bonchev–Trinajstić information content (AvgIpc) is 2.84. The van der Waals surface area contributed by atoms with Crippen LogP contribution in [0.1, 0.15) is 52.0 Å². The number of carbonyl (C=O) groups is 4. The highest BCUT2D eigenvalue weighted by Crippen LogP contribution is 2.29. The predicted octanol–water partition coefficient (Wildman–Crippen LogP) is 0.600. The number of rotatable bonds is 3. The SMILES string of the molecule is Cl.NCCCC#Cc1cccc2c1C(=O)N(C1CCC(=O)NC1=O)C2=O. The number of nitrogens with zero attached hydrogens (tertiary/aromatic N) is 1. The summed E-state index contributed by atoms with van der Waals surface area (Å²) < 4.78 is 0. The Kier molecular flexibility index (Phi) is 6.14. The molecule has 3 rings (SSSR count). The van der Waals surface area contributed by atoms with Crippen molar-refractivity contribution in [3.8, 4) is 11.8 Å². The molecule has 0 aromatic heterocycles. The molecule has 2 aliphatic rings. The summed E-state index contributed by atoms with van der Waals surface area (Å²) in [6.45, 7) is 0.530. The maximum atomic E-state index is 12.8. The highest BCUT2D eigenvalue weighted by molar-refractivity contribution is 6.24. The Balaban J connectivity index is 0.00000243. The van der Waals surface area contributed by atoms with Gasteiger partial charge in [-0.25, -0.2) is 0 Å². The van der Waals surface area contributed by atoms with E-state index in [0.717, 1.165) is 11.3 Å². The first-order valence-corrected chi connectivity index (χ1v) is 8.08. The second kappa shape index (κ2) is 8.13. The molecule has 0 spiro atoms. The summed E-state index contributed by atoms with van der Waals surface area (Å²) in [6.07, 6.45) is 1.57. The van der Waals surface area contributed by atoms with Crippen molar-refractivity contribution in [2.75, 3.05) is 6.54 Å². The molecule has 1 fully saturated rings. The number of piperidine rings is 1. The molecule has 0 bridgehead atoms. The summed E-state index contributed by atoms with van der Waals surface area (Å²) in [4.78, 5) is 49.7. The Morgan fingerprint density at radius 3 is 2.65 bits per heavy atom. The molecule has 0 radical (unpaired) electrons. The van der Waals surface area contributed by atoms with E-state index in [1.807, 2.05) is 0 Å². The summed E-state index contributed by atoms with van der Waals surface area (Å²) in [7, 11) is 0. The lowest BCUT2D eigenvalue weighted by Gasteiger charge is -2.27. The van der Waals surface area contributed by atoms with E-state index in [4.69, 9.17) is 5.73 Å². The minimum absolute atomic E-state index is 0. The molecule has 1 aromatic rings. The zero-order valence-electron chi connectivity index (χ0n) is 13.9. The van der Waals surface area contributed by atoms with Gasteiger partial charge in [-0.3, -0.25) is 29.4 Å². The fourth-order valence-electron chi connectivity index (χ4n) is 2.97. The number of amides is 4. The lowest BCUT2D eigenvalue weighted by Crippen LogP contribution is -2.54. The van der Waals surface area contributed by atoms with E-state index in [2.05, 4.69) is 17.2 Å². The van der Waals surface area contributed by atoms with Crippen LogP contribution in [0, 0.1) is 11.8 Å². The first kappa shape index (κ1) is 19.6. The molecule has 0 saturated carbocycles. The van der Waals surface area contributed by atoms with Gasteiger partial charge in [0.25, 0.3) is 11.8 Å². The number of nitrogens with two attached hydrogens (primary N) is 1. The van der Waals surface area contributed by atoms with E-state index < -0.39 is 29.7 Å². The van der Waals surface area contributed by atoms with E-state index >= 15 is 0 Å². The van der Waals surface area contributed by atoms with Crippen LogP contribution >= 0.6 is 12.4 Å². The molecular weight excluding hydrogens is 358 g/mol. The van der Waals surface area contributed by atoms with E-state index in [1.54, 1.807) is 18.2 Å². The van der Waals surface area contributed by atoms with Gasteiger partial charge in [0.2, 0.25) is 11.8 Å². The molecule has 8 heteroatoms. The van der Waals surface area contributed by atoms with Crippen molar-refractivity contribution in [2.45, 2.75) is 31.7 Å². The lowest BCUT2D eigenvalue weighted by molar-refractivity contribution is -0.136. The van der Waals surface area contributed by atoms with Crippen LogP contribution in [0.4, 0.5) is 0 Å². The lowest BCUT2D eigenvalue weighted by atomic mass is 10.0. The van der Waals surface area contributed by atoms with Crippen molar-refractivity contribution in [1.29, 1.82) is 0 Å². The van der Waals surface area contributed by atoms with E-state index in [0.29, 0.717) is 18.5 Å². The molecule has 1 atom stereocenters. The topological polar surface area (TPSA) is 110 Å². The Morgan fingerprint density at radius 2 is 1.96 bits per heavy atom. The third-order valence-corrected chi connectivity index (χ3v) is 4.20. The third-order valence-electron chi connectivity index (χ3n) is 4.20. The average molecular weight is 376 g/mol. The molecule has 1 unspecified atom stereocenters. The van der Waals surface area contributed by atoms with Gasteiger partial charge in [-0.15, -0.1) is 12.4 Å². The van der Waals surface area contributed by atoms with Gasteiger partial charge in [0.1, 0.15) is 6.04 Å². The predicted molar refractivity (Wildman–Crippen MR) is 95.5 cm³/mol. The number of imide groups is 2. The fourth-order valence-corrected chi connectivity index (χ4v) is 2.97. The van der Waals surface area contributed by atoms with Crippen LogP contribution in [0.25, 0.3) is 0 Å². The molecule has 2 heterocycles. The zero-order valence-corrected chi connectivity index (χ0v) is 14.7. The van der Waals surface area contributed by atoms with Crippen molar-refractivity contribution in [1.82, 2.24) is 10.2 Å². The van der Waals surface area contributed by atoms with Crippen molar-refractivity contribution in [3.63, 3.8) is 0 Å². The van der Waals surface area contributed by atoms with Crippen LogP contribution in [-0.2, 0) is 9.59 Å². The highest BCUT2D eigenvalue weighted by atomic mass is 35.5. The highest BCUT2D eigenvalue weighted by Gasteiger charge is 2.45. The number of hydrogen-bond acceptors (Lipinski definition) is 5. The molecule has 1 saturated heterocycles. The largest absolute Gasteiger partial charge is 0.330 e. The normalized spacial score (nSPS) is 18.7. The molecule has 136 valence electrons. The third kappa shape index (κ3) is 3.47. The van der Waals surface area contributed by atoms with Gasteiger partial charge in [-0.1, -0.05) is 17.9 Å². The van der Waals surface area contributed by atoms with Crippen molar-refractivity contribution < 1.29 is 19.2 Å². The molecular formula is C18H18ClN3O4. The Morgan fingerprint density at radius 1 is 1.19 bits per heavy atom. The minimum atomic E-state index is -0.969. The number of fused-ring (bicyclic) bond motifs is 1. The first-order valence-electron chi connectivity index (χ1n) is 8.08. The molecule has 7 nitrogen and oxygen atoms in total. The second-order valence-corrected chi connectivity index (χ2v) is 5.87. The van der Waals surface area contributed by atoms with Gasteiger partial charge >= 0.3 is 0 Å². The monoisotopic (exact) mass is 375 g/mol. The Hall–Kier alpha value is -2.69. The zero-order chi connectivity index (χ0) is 18.0. The summed E-state index contributed by atoms with van der Waals surface area (Å²) in [6, 6.07) is 3.91. The molecule has 4 amide bonds. The number of halogens is 1. The number of carbonyl (C=O) groups excluding carboxylic acids is 4. The molecule has 26 heavy (non-hydrogen) atoms. The molecule has 0 aliphatic carbocycles. The van der Waals surface area contributed by atoms with Crippen molar-refractivity contribution in [2.24, 2.45) is 5.73 Å². The standard InChI is InChI=1S/C18H17N3O4.ClH/c19-10-3-1-2-5-11-6-4-7-12-15(11)18(25)21(17(12)24)13-8-9-14(22)20-16(13)23;/h4,6-7,13H,1,3,8-10,19H2,(H,20,22,23);1H. The summed E-state index contributed by atoms with van der Waals surface area (Å²) in [5, 5.41) is 2.17. The van der Waals surface area contributed by atoms with Gasteiger partial charge in [0.05, 0.1) is 11.1 Å². The van der Waals surface area contributed by atoms with Crippen LogP contribution in [0.2, 0.25) is 0 Å². The molecule has 3 N–H and O–H groups in total. The van der Waals surface area contributed by atoms with E-state index in [1.165, 1.54) is 0 Å². The van der Waals surface area contributed by atoms with Crippen LogP contribution < -0.4 is 11.1 Å². The Bertz CT molecular complexity index is 841. The van der Waals surface area contributed by atoms with E-state index in [9.17, 15) is 19.2 Å². The summed E-state index contributed by atoms with van der Waals surface area (Å²) in [5.74, 6) is 3.76. The Labute approximate surface area is 156 Å². The van der Waals surface area contributed by atoms with Gasteiger partial charge in [0, 0.05) is 18.4 Å². The van der Waals surface area contributed by atoms with Crippen LogP contribution in [0.5, 0.6) is 0 Å². The molecule has 2 aliphatic heterocycles. The summed E-state index contributed by atoms with van der Waals surface area (Å²) in [5.41, 5.74) is 6.34. The van der Waals surface area contributed by atoms with Crippen LogP contribution in [0.15, 0.2) is 18.2 Å². The first-order chi connectivity index (χ1) is 12.0. The van der Waals surface area contributed by atoms with Gasteiger partial charge < -0.3 is 5.73 Å². The summed E-state index contributed by atoms with van der Waals surface area (Å²) >= 11 is 0. The van der Waals surface area contributed by atoms with Gasteiger partial charge in [-0.05, 0) is 31.5 Å². The van der Waals surface area contributed by atoms with Gasteiger partial charge in [-0.2, -0.15) is 0 Å². The molecule has 1 aromatic carbocycles. The number of benzene rings is 1. The maximum absolute atomic E-state index is 12.8. The number of nitrogens with one attached hydrogen (secondary N) is 1. The second-order valence-electron chi connectivity index (χ2n) is 5.87. The maximum Gasteiger partial charge on any atom is 0.263 e. The van der Waals surface area contributed by atoms with Crippen molar-refractivity contribution in [3.05, 3.63) is 34.9 Å².